The Kier molecular flexibility index (Phi) is 5.55. The number of carbonyl (C=O) groups excluding carboxylic acids is 1. The quantitative estimate of drug-likeness (QED) is 0.477. The maximum Gasteiger partial charge on any atom is 0.288 e. The van der Waals surface area contributed by atoms with Gasteiger partial charge in [0.05, 0.1) is 4.92 Å². The van der Waals surface area contributed by atoms with Crippen molar-refractivity contribution in [1.29, 1.82) is 0 Å². The molecular formula is C16H19ClN2O3. The number of nitro groups is 1. The van der Waals surface area contributed by atoms with Crippen LogP contribution in [0.3, 0.4) is 0 Å². The van der Waals surface area contributed by atoms with Gasteiger partial charge in [-0.05, 0) is 30.5 Å². The summed E-state index contributed by atoms with van der Waals surface area (Å²) in [5.41, 5.74) is 0.429. The van der Waals surface area contributed by atoms with Crippen molar-refractivity contribution in [2.24, 2.45) is 0 Å². The van der Waals surface area contributed by atoms with Crippen LogP contribution in [-0.2, 0) is 4.79 Å². The molecule has 1 aromatic rings. The van der Waals surface area contributed by atoms with E-state index >= 15 is 0 Å². The topological polar surface area (TPSA) is 63.5 Å². The zero-order valence-corrected chi connectivity index (χ0v) is 13.3. The lowest BCUT2D eigenvalue weighted by Crippen LogP contribution is -2.37. The Labute approximate surface area is 134 Å². The van der Waals surface area contributed by atoms with Gasteiger partial charge in [0.2, 0.25) is 5.91 Å². The van der Waals surface area contributed by atoms with Crippen LogP contribution in [0.1, 0.15) is 37.7 Å². The second-order valence-electron chi connectivity index (χ2n) is 5.54. The molecule has 1 aliphatic rings. The number of likely N-dealkylation sites (N-methyl/N-ethyl adjacent to an activating group) is 1. The molecule has 2 rings (SSSR count). The maximum atomic E-state index is 12.2. The summed E-state index contributed by atoms with van der Waals surface area (Å²) in [4.78, 5) is 24.3. The lowest BCUT2D eigenvalue weighted by molar-refractivity contribution is -0.384. The molecular weight excluding hydrogens is 304 g/mol. The Morgan fingerprint density at radius 3 is 2.68 bits per heavy atom. The minimum absolute atomic E-state index is 0.0792. The van der Waals surface area contributed by atoms with Gasteiger partial charge in [0.25, 0.3) is 5.69 Å². The van der Waals surface area contributed by atoms with Crippen LogP contribution in [0.15, 0.2) is 24.3 Å². The number of benzene rings is 1. The molecule has 0 bridgehead atoms. The Morgan fingerprint density at radius 1 is 1.36 bits per heavy atom. The molecule has 1 saturated carbocycles. The van der Waals surface area contributed by atoms with Crippen LogP contribution < -0.4 is 0 Å². The first-order valence-corrected chi connectivity index (χ1v) is 7.75. The highest BCUT2D eigenvalue weighted by molar-refractivity contribution is 6.32. The molecule has 1 fully saturated rings. The predicted molar refractivity (Wildman–Crippen MR) is 86.8 cm³/mol. The van der Waals surface area contributed by atoms with Crippen molar-refractivity contribution >= 4 is 29.3 Å². The van der Waals surface area contributed by atoms with Crippen molar-refractivity contribution in [2.45, 2.75) is 38.1 Å². The fourth-order valence-corrected chi connectivity index (χ4v) is 2.89. The molecule has 0 saturated heterocycles. The summed E-state index contributed by atoms with van der Waals surface area (Å²) in [6.07, 6.45) is 8.70. The fraction of sp³-hybridized carbons (Fsp3) is 0.438. The molecule has 0 unspecified atom stereocenters. The SMILES string of the molecule is CN(C(=O)/C=C/c1ccc(Cl)c([N+](=O)[O-])c1)C1CCCCC1. The predicted octanol–water partition coefficient (Wildman–Crippen LogP) is 4.05. The largest absolute Gasteiger partial charge is 0.339 e. The lowest BCUT2D eigenvalue weighted by atomic mass is 9.94. The van der Waals surface area contributed by atoms with Crippen LogP contribution in [-0.4, -0.2) is 28.8 Å². The van der Waals surface area contributed by atoms with Gasteiger partial charge in [-0.15, -0.1) is 0 Å². The van der Waals surface area contributed by atoms with Crippen LogP contribution >= 0.6 is 11.6 Å². The van der Waals surface area contributed by atoms with Gasteiger partial charge < -0.3 is 4.90 Å². The molecule has 0 spiro atoms. The molecule has 22 heavy (non-hydrogen) atoms. The van der Waals surface area contributed by atoms with Crippen molar-refractivity contribution in [1.82, 2.24) is 4.90 Å². The van der Waals surface area contributed by atoms with E-state index in [1.165, 1.54) is 24.6 Å². The minimum Gasteiger partial charge on any atom is -0.339 e. The number of halogens is 1. The molecule has 6 heteroatoms. The molecule has 0 aliphatic heterocycles. The average Bonchev–Trinajstić information content (AvgIpc) is 2.53. The van der Waals surface area contributed by atoms with Crippen molar-refractivity contribution in [2.75, 3.05) is 7.05 Å². The van der Waals surface area contributed by atoms with Gasteiger partial charge in [-0.3, -0.25) is 14.9 Å². The summed E-state index contributed by atoms with van der Waals surface area (Å²) < 4.78 is 0. The number of nitrogens with zero attached hydrogens (tertiary/aromatic N) is 2. The van der Waals surface area contributed by atoms with Gasteiger partial charge in [0.15, 0.2) is 0 Å². The Balaban J connectivity index is 2.05. The van der Waals surface area contributed by atoms with E-state index in [0.717, 1.165) is 25.7 Å². The number of nitro benzene ring substituents is 1. The van der Waals surface area contributed by atoms with Crippen LogP contribution in [0.2, 0.25) is 5.02 Å². The average molecular weight is 323 g/mol. The number of hydrogen-bond donors (Lipinski definition) is 0. The third kappa shape index (κ3) is 4.07. The summed E-state index contributed by atoms with van der Waals surface area (Å²) >= 11 is 5.76. The second-order valence-corrected chi connectivity index (χ2v) is 5.95. The van der Waals surface area contributed by atoms with Gasteiger partial charge in [-0.1, -0.05) is 36.9 Å². The highest BCUT2D eigenvalue weighted by Gasteiger charge is 2.20. The first-order chi connectivity index (χ1) is 10.5. The van der Waals surface area contributed by atoms with Crippen molar-refractivity contribution in [3.63, 3.8) is 0 Å². The molecule has 0 aromatic heterocycles. The summed E-state index contributed by atoms with van der Waals surface area (Å²) in [6.45, 7) is 0. The standard InChI is InChI=1S/C16H19ClN2O3/c1-18(13-5-3-2-4-6-13)16(20)10-8-12-7-9-14(17)15(11-12)19(21)22/h7-11,13H,2-6H2,1H3/b10-8+. The maximum absolute atomic E-state index is 12.2. The van der Waals surface area contributed by atoms with Gasteiger partial charge >= 0.3 is 0 Å². The molecule has 0 atom stereocenters. The van der Waals surface area contributed by atoms with E-state index < -0.39 is 4.92 Å². The zero-order chi connectivity index (χ0) is 16.1. The molecule has 1 aliphatic carbocycles. The van der Waals surface area contributed by atoms with E-state index in [0.29, 0.717) is 11.6 Å². The highest BCUT2D eigenvalue weighted by atomic mass is 35.5. The normalized spacial score (nSPS) is 15.9. The van der Waals surface area contributed by atoms with Crippen LogP contribution in [0.4, 0.5) is 5.69 Å². The van der Waals surface area contributed by atoms with E-state index in [4.69, 9.17) is 11.6 Å². The summed E-state index contributed by atoms with van der Waals surface area (Å²) in [6, 6.07) is 4.78. The van der Waals surface area contributed by atoms with Crippen molar-refractivity contribution < 1.29 is 9.72 Å². The van der Waals surface area contributed by atoms with Crippen molar-refractivity contribution in [3.8, 4) is 0 Å². The number of carbonyl (C=O) groups is 1. The Morgan fingerprint density at radius 2 is 2.05 bits per heavy atom. The second kappa shape index (κ2) is 7.40. The van der Waals surface area contributed by atoms with E-state index in [1.807, 2.05) is 7.05 Å². The number of amides is 1. The van der Waals surface area contributed by atoms with Crippen molar-refractivity contribution in [3.05, 3.63) is 45.0 Å². The van der Waals surface area contributed by atoms with Gasteiger partial charge in [-0.25, -0.2) is 0 Å². The lowest BCUT2D eigenvalue weighted by Gasteiger charge is -2.30. The smallest absolute Gasteiger partial charge is 0.288 e. The Hall–Kier alpha value is -1.88. The van der Waals surface area contributed by atoms with Gasteiger partial charge in [0.1, 0.15) is 5.02 Å². The fourth-order valence-electron chi connectivity index (χ4n) is 2.71. The minimum atomic E-state index is -0.532. The molecule has 118 valence electrons. The molecule has 0 heterocycles. The van der Waals surface area contributed by atoms with Crippen LogP contribution in [0.25, 0.3) is 6.08 Å². The van der Waals surface area contributed by atoms with E-state index in [1.54, 1.807) is 17.0 Å². The van der Waals surface area contributed by atoms with Crippen LogP contribution in [0, 0.1) is 10.1 Å². The zero-order valence-electron chi connectivity index (χ0n) is 12.5. The molecule has 5 nitrogen and oxygen atoms in total. The summed E-state index contributed by atoms with van der Waals surface area (Å²) in [7, 11) is 1.81. The Bertz CT molecular complexity index is 595. The first-order valence-electron chi connectivity index (χ1n) is 7.38. The summed E-state index contributed by atoms with van der Waals surface area (Å²) in [5.74, 6) is -0.0792. The van der Waals surface area contributed by atoms with Crippen LogP contribution in [0.5, 0.6) is 0 Å². The molecule has 1 amide bonds. The van der Waals surface area contributed by atoms with E-state index in [2.05, 4.69) is 0 Å². The number of hydrogen-bond acceptors (Lipinski definition) is 3. The molecule has 1 aromatic carbocycles. The first kappa shape index (κ1) is 16.5. The van der Waals surface area contributed by atoms with E-state index in [9.17, 15) is 14.9 Å². The van der Waals surface area contributed by atoms with E-state index in [-0.39, 0.29) is 16.6 Å². The van der Waals surface area contributed by atoms with Gasteiger partial charge in [0, 0.05) is 25.2 Å². The number of rotatable bonds is 4. The summed E-state index contributed by atoms with van der Waals surface area (Å²) in [5, 5.41) is 10.9. The third-order valence-corrected chi connectivity index (χ3v) is 4.37. The molecule has 0 radical (unpaired) electrons. The highest BCUT2D eigenvalue weighted by Crippen LogP contribution is 2.26. The monoisotopic (exact) mass is 322 g/mol. The molecule has 0 N–H and O–H groups in total. The van der Waals surface area contributed by atoms with Gasteiger partial charge in [-0.2, -0.15) is 0 Å². The third-order valence-electron chi connectivity index (χ3n) is 4.06.